The summed E-state index contributed by atoms with van der Waals surface area (Å²) in [5.41, 5.74) is 0. The van der Waals surface area contributed by atoms with Crippen LogP contribution in [-0.2, 0) is 15.6 Å². The van der Waals surface area contributed by atoms with Crippen LogP contribution in [0.2, 0.25) is 0 Å². The normalized spacial score (nSPS) is 21.9. The highest BCUT2D eigenvalue weighted by Crippen LogP contribution is 2.27. The van der Waals surface area contributed by atoms with E-state index in [0.29, 0.717) is 18.1 Å². The smallest absolute Gasteiger partial charge is 0.319 e. The monoisotopic (exact) mass is 204 g/mol. The first kappa shape index (κ1) is 10.7. The molecular formula is C9H16O3S. The second-order valence-corrected chi connectivity index (χ2v) is 5.24. The first-order valence-corrected chi connectivity index (χ1v) is 6.13. The maximum atomic E-state index is 11.5. The minimum Gasteiger partial charge on any atom is -0.480 e. The highest BCUT2D eigenvalue weighted by molar-refractivity contribution is 7.86. The van der Waals surface area contributed by atoms with Crippen molar-refractivity contribution < 1.29 is 14.1 Å². The van der Waals surface area contributed by atoms with Crippen molar-refractivity contribution in [2.45, 2.75) is 37.9 Å². The molecule has 0 saturated heterocycles. The van der Waals surface area contributed by atoms with Crippen molar-refractivity contribution in [1.82, 2.24) is 0 Å². The molecule has 1 fully saturated rings. The minimum atomic E-state index is -1.17. The SMILES string of the molecule is CCC(C(=O)O)S(=O)CC1CCC1. The third-order valence-electron chi connectivity index (χ3n) is 2.59. The van der Waals surface area contributed by atoms with E-state index in [1.807, 2.05) is 0 Å². The van der Waals surface area contributed by atoms with Crippen LogP contribution in [0.5, 0.6) is 0 Å². The van der Waals surface area contributed by atoms with E-state index < -0.39 is 22.0 Å². The number of carbonyl (C=O) groups is 1. The number of carboxylic acid groups (broad SMARTS) is 1. The van der Waals surface area contributed by atoms with Crippen molar-refractivity contribution in [2.24, 2.45) is 5.92 Å². The molecule has 1 saturated carbocycles. The van der Waals surface area contributed by atoms with Gasteiger partial charge in [-0.1, -0.05) is 13.3 Å². The average Bonchev–Trinajstić information content (AvgIpc) is 1.97. The van der Waals surface area contributed by atoms with Gasteiger partial charge in [-0.3, -0.25) is 9.00 Å². The van der Waals surface area contributed by atoms with E-state index in [4.69, 9.17) is 5.11 Å². The van der Waals surface area contributed by atoms with Crippen LogP contribution in [0.3, 0.4) is 0 Å². The van der Waals surface area contributed by atoms with Crippen molar-refractivity contribution >= 4 is 16.8 Å². The predicted octanol–water partition coefficient (Wildman–Crippen LogP) is 1.40. The summed E-state index contributed by atoms with van der Waals surface area (Å²) in [6.07, 6.45) is 3.93. The molecule has 0 heterocycles. The van der Waals surface area contributed by atoms with Crippen molar-refractivity contribution in [3.8, 4) is 0 Å². The van der Waals surface area contributed by atoms with Crippen LogP contribution in [-0.4, -0.2) is 26.3 Å². The van der Waals surface area contributed by atoms with Crippen molar-refractivity contribution in [2.75, 3.05) is 5.75 Å². The number of carboxylic acids is 1. The van der Waals surface area contributed by atoms with Crippen LogP contribution < -0.4 is 0 Å². The largest absolute Gasteiger partial charge is 0.480 e. The summed E-state index contributed by atoms with van der Waals surface area (Å²) < 4.78 is 11.5. The van der Waals surface area contributed by atoms with Gasteiger partial charge in [0.25, 0.3) is 0 Å². The van der Waals surface area contributed by atoms with Crippen molar-refractivity contribution in [1.29, 1.82) is 0 Å². The number of hydrogen-bond acceptors (Lipinski definition) is 2. The maximum Gasteiger partial charge on any atom is 0.319 e. The van der Waals surface area contributed by atoms with Gasteiger partial charge >= 0.3 is 5.97 Å². The predicted molar refractivity (Wildman–Crippen MR) is 52.1 cm³/mol. The van der Waals surface area contributed by atoms with Gasteiger partial charge in [0.1, 0.15) is 5.25 Å². The zero-order valence-electron chi connectivity index (χ0n) is 7.86. The lowest BCUT2D eigenvalue weighted by Crippen LogP contribution is -2.30. The van der Waals surface area contributed by atoms with Crippen LogP contribution in [0.15, 0.2) is 0 Å². The number of aliphatic carboxylic acids is 1. The lowest BCUT2D eigenvalue weighted by atomic mass is 9.87. The Hall–Kier alpha value is -0.380. The Morgan fingerprint density at radius 3 is 2.54 bits per heavy atom. The van der Waals surface area contributed by atoms with E-state index in [2.05, 4.69) is 0 Å². The van der Waals surface area contributed by atoms with E-state index in [9.17, 15) is 9.00 Å². The van der Waals surface area contributed by atoms with E-state index >= 15 is 0 Å². The average molecular weight is 204 g/mol. The molecule has 4 heteroatoms. The van der Waals surface area contributed by atoms with Gasteiger partial charge in [-0.05, 0) is 25.2 Å². The molecule has 0 radical (unpaired) electrons. The summed E-state index contributed by atoms with van der Waals surface area (Å²) in [6.45, 7) is 1.78. The van der Waals surface area contributed by atoms with Crippen molar-refractivity contribution in [3.63, 3.8) is 0 Å². The molecule has 1 rings (SSSR count). The summed E-state index contributed by atoms with van der Waals surface area (Å²) in [5.74, 6) is 0.194. The molecule has 0 aromatic heterocycles. The molecule has 0 aromatic rings. The summed E-state index contributed by atoms with van der Waals surface area (Å²) in [4.78, 5) is 10.7. The topological polar surface area (TPSA) is 54.4 Å². The number of hydrogen-bond donors (Lipinski definition) is 1. The van der Waals surface area contributed by atoms with Gasteiger partial charge in [0.15, 0.2) is 0 Å². The maximum absolute atomic E-state index is 11.5. The fourth-order valence-electron chi connectivity index (χ4n) is 1.48. The first-order chi connectivity index (χ1) is 6.15. The van der Waals surface area contributed by atoms with Crippen LogP contribution in [0, 0.1) is 5.92 Å². The first-order valence-electron chi connectivity index (χ1n) is 4.75. The van der Waals surface area contributed by atoms with Crippen LogP contribution in [0.1, 0.15) is 32.6 Å². The van der Waals surface area contributed by atoms with Gasteiger partial charge in [0.05, 0.1) is 0 Å². The molecule has 0 aromatic carbocycles. The molecule has 13 heavy (non-hydrogen) atoms. The minimum absolute atomic E-state index is 0.467. The molecular weight excluding hydrogens is 188 g/mol. The highest BCUT2D eigenvalue weighted by Gasteiger charge is 2.27. The van der Waals surface area contributed by atoms with E-state index in [1.165, 1.54) is 6.42 Å². The van der Waals surface area contributed by atoms with Crippen LogP contribution in [0.25, 0.3) is 0 Å². The zero-order valence-corrected chi connectivity index (χ0v) is 8.68. The van der Waals surface area contributed by atoms with Gasteiger partial charge in [-0.25, -0.2) is 0 Å². The molecule has 0 amide bonds. The molecule has 0 spiro atoms. The van der Waals surface area contributed by atoms with Gasteiger partial charge in [-0.2, -0.15) is 0 Å². The quantitative estimate of drug-likeness (QED) is 0.736. The Balaban J connectivity index is 2.38. The van der Waals surface area contributed by atoms with Gasteiger partial charge < -0.3 is 5.11 Å². The van der Waals surface area contributed by atoms with Crippen LogP contribution in [0.4, 0.5) is 0 Å². The second kappa shape index (κ2) is 4.74. The lowest BCUT2D eigenvalue weighted by Gasteiger charge is -2.25. The lowest BCUT2D eigenvalue weighted by molar-refractivity contribution is -0.136. The molecule has 2 unspecified atom stereocenters. The van der Waals surface area contributed by atoms with E-state index in [1.54, 1.807) is 6.92 Å². The number of rotatable bonds is 5. The zero-order chi connectivity index (χ0) is 9.84. The van der Waals surface area contributed by atoms with Gasteiger partial charge in [0, 0.05) is 16.6 Å². The Labute approximate surface area is 81.0 Å². The Morgan fingerprint density at radius 1 is 1.62 bits per heavy atom. The van der Waals surface area contributed by atoms with Crippen molar-refractivity contribution in [3.05, 3.63) is 0 Å². The third-order valence-corrected chi connectivity index (χ3v) is 4.56. The summed E-state index contributed by atoms with van der Waals surface area (Å²) >= 11 is 0. The summed E-state index contributed by atoms with van der Waals surface area (Å²) in [7, 11) is -1.17. The van der Waals surface area contributed by atoms with Crippen LogP contribution >= 0.6 is 0 Å². The summed E-state index contributed by atoms with van der Waals surface area (Å²) in [5, 5.41) is 8.10. The third kappa shape index (κ3) is 2.79. The summed E-state index contributed by atoms with van der Waals surface area (Å²) in [6, 6.07) is 0. The van der Waals surface area contributed by atoms with Gasteiger partial charge in [0.2, 0.25) is 0 Å². The molecule has 2 atom stereocenters. The molecule has 0 bridgehead atoms. The van der Waals surface area contributed by atoms with Gasteiger partial charge in [-0.15, -0.1) is 0 Å². The molecule has 1 N–H and O–H groups in total. The fraction of sp³-hybridized carbons (Fsp3) is 0.889. The molecule has 3 nitrogen and oxygen atoms in total. The molecule has 76 valence electrons. The van der Waals surface area contributed by atoms with E-state index in [0.717, 1.165) is 12.8 Å². The Morgan fingerprint density at radius 2 is 2.23 bits per heavy atom. The molecule has 1 aliphatic carbocycles. The Kier molecular flexibility index (Phi) is 3.90. The molecule has 0 aliphatic heterocycles. The Bertz CT molecular complexity index is 211. The molecule has 1 aliphatic rings. The second-order valence-electron chi connectivity index (χ2n) is 3.58. The standard InChI is InChI=1S/C9H16O3S/c1-2-8(9(10)11)13(12)6-7-4-3-5-7/h7-8H,2-6H2,1H3,(H,10,11). The van der Waals surface area contributed by atoms with E-state index in [-0.39, 0.29) is 0 Å². The highest BCUT2D eigenvalue weighted by atomic mass is 32.2. The fourth-order valence-corrected chi connectivity index (χ4v) is 3.11.